The molecule has 0 bridgehead atoms. The van der Waals surface area contributed by atoms with Crippen molar-refractivity contribution in [3.63, 3.8) is 0 Å². The third-order valence-electron chi connectivity index (χ3n) is 3.24. The summed E-state index contributed by atoms with van der Waals surface area (Å²) in [5.74, 6) is -0.468. The van der Waals surface area contributed by atoms with Crippen molar-refractivity contribution in [3.8, 4) is 0 Å². The van der Waals surface area contributed by atoms with Crippen LogP contribution in [-0.4, -0.2) is 6.54 Å². The van der Waals surface area contributed by atoms with Gasteiger partial charge >= 0.3 is 0 Å². The van der Waals surface area contributed by atoms with Gasteiger partial charge < -0.3 is 5.32 Å². The molecule has 1 unspecified atom stereocenters. The highest BCUT2D eigenvalue weighted by Gasteiger charge is 2.12. The molecule has 0 aromatic heterocycles. The fourth-order valence-corrected chi connectivity index (χ4v) is 2.22. The lowest BCUT2D eigenvalue weighted by Gasteiger charge is -2.19. The van der Waals surface area contributed by atoms with E-state index in [0.717, 1.165) is 24.1 Å². The van der Waals surface area contributed by atoms with Crippen LogP contribution in [0.5, 0.6) is 0 Å². The maximum Gasteiger partial charge on any atom is 0.123 e. The van der Waals surface area contributed by atoms with E-state index >= 15 is 0 Å². The maximum atomic E-state index is 13.3. The summed E-state index contributed by atoms with van der Waals surface area (Å²) in [7, 11) is 0. The number of hydrogen-bond donors (Lipinski definition) is 1. The minimum Gasteiger partial charge on any atom is -0.310 e. The van der Waals surface area contributed by atoms with E-state index in [1.165, 1.54) is 18.2 Å². The summed E-state index contributed by atoms with van der Waals surface area (Å²) in [5.41, 5.74) is 1.95. The number of rotatable bonds is 6. The van der Waals surface area contributed by atoms with Crippen LogP contribution in [0.3, 0.4) is 0 Å². The molecule has 1 N–H and O–H groups in total. The molecule has 106 valence electrons. The van der Waals surface area contributed by atoms with Crippen LogP contribution in [0, 0.1) is 11.6 Å². The Morgan fingerprint density at radius 2 is 1.75 bits per heavy atom. The van der Waals surface area contributed by atoms with Gasteiger partial charge in [-0.3, -0.25) is 0 Å². The van der Waals surface area contributed by atoms with Gasteiger partial charge in [-0.1, -0.05) is 31.2 Å². The van der Waals surface area contributed by atoms with E-state index in [-0.39, 0.29) is 17.7 Å². The molecule has 2 rings (SSSR count). The van der Waals surface area contributed by atoms with Gasteiger partial charge in [0.15, 0.2) is 0 Å². The van der Waals surface area contributed by atoms with Crippen LogP contribution >= 0.6 is 0 Å². The second-order valence-electron chi connectivity index (χ2n) is 4.89. The van der Waals surface area contributed by atoms with Gasteiger partial charge in [-0.2, -0.15) is 0 Å². The molecule has 0 saturated heterocycles. The lowest BCUT2D eigenvalue weighted by Crippen LogP contribution is -2.24. The van der Waals surface area contributed by atoms with Crippen molar-refractivity contribution in [1.29, 1.82) is 0 Å². The number of nitrogens with one attached hydrogen (secondary N) is 1. The van der Waals surface area contributed by atoms with Crippen molar-refractivity contribution in [2.45, 2.75) is 25.8 Å². The first-order valence-corrected chi connectivity index (χ1v) is 6.92. The van der Waals surface area contributed by atoms with Crippen molar-refractivity contribution >= 4 is 0 Å². The normalized spacial score (nSPS) is 12.3. The summed E-state index contributed by atoms with van der Waals surface area (Å²) in [6.45, 7) is 2.97. The van der Waals surface area contributed by atoms with Crippen LogP contribution in [0.2, 0.25) is 0 Å². The first-order chi connectivity index (χ1) is 9.69. The first kappa shape index (κ1) is 14.7. The van der Waals surface area contributed by atoms with Crippen molar-refractivity contribution in [1.82, 2.24) is 5.32 Å². The fourth-order valence-electron chi connectivity index (χ4n) is 2.22. The highest BCUT2D eigenvalue weighted by atomic mass is 19.1. The van der Waals surface area contributed by atoms with Crippen LogP contribution < -0.4 is 5.32 Å². The van der Waals surface area contributed by atoms with Gasteiger partial charge in [0.05, 0.1) is 0 Å². The minimum absolute atomic E-state index is 0.0670. The van der Waals surface area contributed by atoms with Crippen LogP contribution in [-0.2, 0) is 6.42 Å². The Balaban J connectivity index is 2.16. The van der Waals surface area contributed by atoms with Gasteiger partial charge in [-0.15, -0.1) is 0 Å². The molecule has 1 atom stereocenters. The van der Waals surface area contributed by atoms with E-state index in [1.54, 1.807) is 24.3 Å². The Bertz CT molecular complexity index is 537. The Labute approximate surface area is 118 Å². The lowest BCUT2D eigenvalue weighted by atomic mass is 9.98. The molecule has 2 aromatic rings. The van der Waals surface area contributed by atoms with Crippen LogP contribution in [0.1, 0.15) is 30.5 Å². The summed E-state index contributed by atoms with van der Waals surface area (Å²) in [6, 6.07) is 13.2. The van der Waals surface area contributed by atoms with E-state index in [4.69, 9.17) is 0 Å². The predicted molar refractivity (Wildman–Crippen MR) is 77.5 cm³/mol. The first-order valence-electron chi connectivity index (χ1n) is 6.92. The van der Waals surface area contributed by atoms with Gasteiger partial charge in [-0.05, 0) is 54.8 Å². The van der Waals surface area contributed by atoms with E-state index < -0.39 is 0 Å². The Kier molecular flexibility index (Phi) is 5.24. The van der Waals surface area contributed by atoms with E-state index in [0.29, 0.717) is 6.42 Å². The molecule has 1 nitrogen and oxygen atoms in total. The second kappa shape index (κ2) is 7.15. The molecular formula is C17H19F2N. The molecule has 0 spiro atoms. The summed E-state index contributed by atoms with van der Waals surface area (Å²) in [6.07, 6.45) is 1.70. The Morgan fingerprint density at radius 3 is 2.40 bits per heavy atom. The molecule has 0 saturated carbocycles. The predicted octanol–water partition coefficient (Wildman–Crippen LogP) is 4.25. The molecule has 0 fully saturated rings. The number of benzene rings is 2. The van der Waals surface area contributed by atoms with Crippen LogP contribution in [0.25, 0.3) is 0 Å². The van der Waals surface area contributed by atoms with Gasteiger partial charge in [0.25, 0.3) is 0 Å². The minimum atomic E-state index is -0.242. The SMILES string of the molecule is CCCNC(Cc1cccc(F)c1)c1ccc(F)cc1. The van der Waals surface area contributed by atoms with Gasteiger partial charge in [-0.25, -0.2) is 8.78 Å². The average Bonchev–Trinajstić information content (AvgIpc) is 2.44. The standard InChI is InChI=1S/C17H19F2N/c1-2-10-20-17(14-6-8-15(18)9-7-14)12-13-4-3-5-16(19)11-13/h3-9,11,17,20H,2,10,12H2,1H3. The topological polar surface area (TPSA) is 12.0 Å². The lowest BCUT2D eigenvalue weighted by molar-refractivity contribution is 0.525. The monoisotopic (exact) mass is 275 g/mol. The zero-order chi connectivity index (χ0) is 14.4. The molecule has 0 aliphatic carbocycles. The molecule has 0 heterocycles. The molecule has 3 heteroatoms. The Hall–Kier alpha value is -1.74. The van der Waals surface area contributed by atoms with Gasteiger partial charge in [0.2, 0.25) is 0 Å². The molecular weight excluding hydrogens is 256 g/mol. The van der Waals surface area contributed by atoms with Gasteiger partial charge in [0, 0.05) is 6.04 Å². The largest absolute Gasteiger partial charge is 0.310 e. The van der Waals surface area contributed by atoms with E-state index in [9.17, 15) is 8.78 Å². The van der Waals surface area contributed by atoms with Crippen molar-refractivity contribution < 1.29 is 8.78 Å². The zero-order valence-corrected chi connectivity index (χ0v) is 11.6. The molecule has 0 amide bonds. The summed E-state index contributed by atoms with van der Waals surface area (Å²) in [5, 5.41) is 3.43. The van der Waals surface area contributed by atoms with Crippen molar-refractivity contribution in [2.24, 2.45) is 0 Å². The molecule has 0 aliphatic heterocycles. The summed E-state index contributed by atoms with van der Waals surface area (Å²) >= 11 is 0. The smallest absolute Gasteiger partial charge is 0.123 e. The highest BCUT2D eigenvalue weighted by Crippen LogP contribution is 2.19. The van der Waals surface area contributed by atoms with Crippen molar-refractivity contribution in [3.05, 3.63) is 71.3 Å². The molecule has 20 heavy (non-hydrogen) atoms. The van der Waals surface area contributed by atoms with Gasteiger partial charge in [0.1, 0.15) is 11.6 Å². The quantitative estimate of drug-likeness (QED) is 0.831. The van der Waals surface area contributed by atoms with Crippen LogP contribution in [0.4, 0.5) is 8.78 Å². The van der Waals surface area contributed by atoms with Crippen molar-refractivity contribution in [2.75, 3.05) is 6.54 Å². The van der Waals surface area contributed by atoms with E-state index in [2.05, 4.69) is 12.2 Å². The number of halogens is 2. The average molecular weight is 275 g/mol. The Morgan fingerprint density at radius 1 is 1.00 bits per heavy atom. The fraction of sp³-hybridized carbons (Fsp3) is 0.294. The van der Waals surface area contributed by atoms with E-state index in [1.807, 2.05) is 6.07 Å². The maximum absolute atomic E-state index is 13.3. The third-order valence-corrected chi connectivity index (χ3v) is 3.24. The summed E-state index contributed by atoms with van der Waals surface area (Å²) < 4.78 is 26.3. The highest BCUT2D eigenvalue weighted by molar-refractivity contribution is 5.24. The number of hydrogen-bond acceptors (Lipinski definition) is 1. The second-order valence-corrected chi connectivity index (χ2v) is 4.89. The third kappa shape index (κ3) is 4.14. The van der Waals surface area contributed by atoms with Crippen LogP contribution in [0.15, 0.2) is 48.5 Å². The molecule has 2 aromatic carbocycles. The summed E-state index contributed by atoms with van der Waals surface area (Å²) in [4.78, 5) is 0. The molecule has 0 radical (unpaired) electrons. The molecule has 0 aliphatic rings. The zero-order valence-electron chi connectivity index (χ0n) is 11.6.